The van der Waals surface area contributed by atoms with Gasteiger partial charge in [0.25, 0.3) is 0 Å². The molecule has 2 N–H and O–H groups in total. The van der Waals surface area contributed by atoms with Crippen LogP contribution in [-0.4, -0.2) is 46.3 Å². The number of benzene rings is 2. The molecule has 0 fully saturated rings. The molecule has 4 rings (SSSR count). The fourth-order valence-electron chi connectivity index (χ4n) is 2.95. The van der Waals surface area contributed by atoms with E-state index in [1.54, 1.807) is 7.05 Å². The first-order chi connectivity index (χ1) is 13.8. The molecule has 2 aliphatic rings. The van der Waals surface area contributed by atoms with Crippen molar-refractivity contribution in [3.63, 3.8) is 0 Å². The third-order valence-electron chi connectivity index (χ3n) is 4.37. The highest BCUT2D eigenvalue weighted by molar-refractivity contribution is 5.79. The van der Waals surface area contributed by atoms with Gasteiger partial charge >= 0.3 is 0 Å². The number of fused-ring (bicyclic) bond motifs is 2. The molecule has 0 aliphatic carbocycles. The van der Waals surface area contributed by atoms with E-state index in [4.69, 9.17) is 23.7 Å². The Bertz CT molecular complexity index is 856. The number of nitrogens with zero attached hydrogens (tertiary/aromatic N) is 1. The van der Waals surface area contributed by atoms with Gasteiger partial charge in [-0.1, -0.05) is 6.07 Å². The second-order valence-electron chi connectivity index (χ2n) is 6.23. The van der Waals surface area contributed by atoms with E-state index in [1.165, 1.54) is 5.56 Å². The first-order valence-electron chi connectivity index (χ1n) is 9.17. The second kappa shape index (κ2) is 8.60. The zero-order chi connectivity index (χ0) is 19.2. The SMILES string of the molecule is CN=C(NCCOc1ccc2c(c1)OCO2)NCCc1ccc2c(c1)OCO2. The third-order valence-corrected chi connectivity index (χ3v) is 4.37. The average Bonchev–Trinajstić information content (AvgIpc) is 3.38. The zero-order valence-corrected chi connectivity index (χ0v) is 15.7. The van der Waals surface area contributed by atoms with Crippen LogP contribution in [0.1, 0.15) is 5.56 Å². The van der Waals surface area contributed by atoms with Crippen molar-refractivity contribution in [1.29, 1.82) is 0 Å². The Balaban J connectivity index is 1.16. The van der Waals surface area contributed by atoms with Crippen molar-refractivity contribution < 1.29 is 23.7 Å². The van der Waals surface area contributed by atoms with Gasteiger partial charge in [0.2, 0.25) is 13.6 Å². The quantitative estimate of drug-likeness (QED) is 0.428. The Kier molecular flexibility index (Phi) is 5.56. The van der Waals surface area contributed by atoms with Crippen LogP contribution >= 0.6 is 0 Å². The van der Waals surface area contributed by atoms with Crippen molar-refractivity contribution in [3.8, 4) is 28.7 Å². The molecule has 0 amide bonds. The van der Waals surface area contributed by atoms with Crippen LogP contribution in [-0.2, 0) is 6.42 Å². The summed E-state index contributed by atoms with van der Waals surface area (Å²) in [5.74, 6) is 4.55. The van der Waals surface area contributed by atoms with Gasteiger partial charge in [-0.15, -0.1) is 0 Å². The van der Waals surface area contributed by atoms with Crippen LogP contribution in [0.2, 0.25) is 0 Å². The topological polar surface area (TPSA) is 82.6 Å². The predicted molar refractivity (Wildman–Crippen MR) is 104 cm³/mol. The minimum atomic E-state index is 0.259. The molecule has 2 heterocycles. The van der Waals surface area contributed by atoms with Gasteiger partial charge in [-0.3, -0.25) is 4.99 Å². The van der Waals surface area contributed by atoms with Crippen molar-refractivity contribution in [1.82, 2.24) is 10.6 Å². The molecule has 0 spiro atoms. The maximum Gasteiger partial charge on any atom is 0.231 e. The van der Waals surface area contributed by atoms with Gasteiger partial charge in [-0.2, -0.15) is 0 Å². The predicted octanol–water partition coefficient (Wildman–Crippen LogP) is 1.93. The minimum Gasteiger partial charge on any atom is -0.492 e. The van der Waals surface area contributed by atoms with E-state index in [1.807, 2.05) is 36.4 Å². The first-order valence-corrected chi connectivity index (χ1v) is 9.17. The largest absolute Gasteiger partial charge is 0.492 e. The van der Waals surface area contributed by atoms with Gasteiger partial charge in [-0.05, 0) is 36.2 Å². The van der Waals surface area contributed by atoms with Gasteiger partial charge in [0.15, 0.2) is 29.0 Å². The number of hydrogen-bond acceptors (Lipinski definition) is 6. The highest BCUT2D eigenvalue weighted by Crippen LogP contribution is 2.35. The van der Waals surface area contributed by atoms with Crippen LogP contribution in [0.5, 0.6) is 28.7 Å². The number of nitrogens with one attached hydrogen (secondary N) is 2. The van der Waals surface area contributed by atoms with Crippen molar-refractivity contribution in [3.05, 3.63) is 42.0 Å². The average molecular weight is 385 g/mol. The number of rotatable bonds is 7. The van der Waals surface area contributed by atoms with Gasteiger partial charge in [0, 0.05) is 19.7 Å². The molecule has 2 aromatic carbocycles. The summed E-state index contributed by atoms with van der Waals surface area (Å²) >= 11 is 0. The molecule has 0 radical (unpaired) electrons. The Morgan fingerprint density at radius 2 is 1.57 bits per heavy atom. The molecule has 148 valence electrons. The molecule has 28 heavy (non-hydrogen) atoms. The molecule has 0 unspecified atom stereocenters. The summed E-state index contributed by atoms with van der Waals surface area (Å²) in [7, 11) is 1.74. The van der Waals surface area contributed by atoms with Gasteiger partial charge < -0.3 is 34.3 Å². The highest BCUT2D eigenvalue weighted by atomic mass is 16.7. The summed E-state index contributed by atoms with van der Waals surface area (Å²) in [5, 5.41) is 6.53. The van der Waals surface area contributed by atoms with E-state index in [-0.39, 0.29) is 6.79 Å². The van der Waals surface area contributed by atoms with E-state index in [0.29, 0.717) is 25.7 Å². The van der Waals surface area contributed by atoms with Crippen LogP contribution in [0.15, 0.2) is 41.4 Å². The van der Waals surface area contributed by atoms with E-state index < -0.39 is 0 Å². The van der Waals surface area contributed by atoms with Crippen LogP contribution < -0.4 is 34.3 Å². The van der Waals surface area contributed by atoms with Crippen molar-refractivity contribution in [2.45, 2.75) is 6.42 Å². The van der Waals surface area contributed by atoms with Crippen LogP contribution in [0, 0.1) is 0 Å². The molecule has 2 aromatic rings. The first kappa shape index (κ1) is 18.1. The lowest BCUT2D eigenvalue weighted by Gasteiger charge is -2.13. The molecule has 0 saturated carbocycles. The number of hydrogen-bond donors (Lipinski definition) is 2. The zero-order valence-electron chi connectivity index (χ0n) is 15.7. The lowest BCUT2D eigenvalue weighted by atomic mass is 10.1. The standard InChI is InChI=1S/C20H23N3O5/c1-21-20(22-7-6-14-2-4-16-18(10-14)27-12-25-16)23-8-9-24-15-3-5-17-19(11-15)28-13-26-17/h2-5,10-11H,6-9,12-13H2,1H3,(H2,21,22,23). The van der Waals surface area contributed by atoms with Crippen LogP contribution in [0.25, 0.3) is 0 Å². The van der Waals surface area contributed by atoms with Crippen molar-refractivity contribution >= 4 is 5.96 Å². The molecule has 0 aromatic heterocycles. The Labute approximate surface area is 163 Å². The molecular weight excluding hydrogens is 362 g/mol. The summed E-state index contributed by atoms with van der Waals surface area (Å²) in [5.41, 5.74) is 1.18. The van der Waals surface area contributed by atoms with Gasteiger partial charge in [0.05, 0.1) is 6.54 Å². The minimum absolute atomic E-state index is 0.259. The van der Waals surface area contributed by atoms with Crippen LogP contribution in [0.4, 0.5) is 0 Å². The molecule has 0 atom stereocenters. The lowest BCUT2D eigenvalue weighted by molar-refractivity contribution is 0.173. The maximum atomic E-state index is 5.74. The Morgan fingerprint density at radius 1 is 0.893 bits per heavy atom. The molecular formula is C20H23N3O5. The molecule has 8 heteroatoms. The van der Waals surface area contributed by atoms with Crippen molar-refractivity contribution in [2.75, 3.05) is 40.3 Å². The fourth-order valence-corrected chi connectivity index (χ4v) is 2.95. The summed E-state index contributed by atoms with van der Waals surface area (Å²) in [6.45, 7) is 2.43. The van der Waals surface area contributed by atoms with E-state index in [9.17, 15) is 0 Å². The smallest absolute Gasteiger partial charge is 0.231 e. The number of aliphatic imine (C=N–C) groups is 1. The van der Waals surface area contributed by atoms with E-state index >= 15 is 0 Å². The van der Waals surface area contributed by atoms with Gasteiger partial charge in [-0.25, -0.2) is 0 Å². The van der Waals surface area contributed by atoms with E-state index in [0.717, 1.165) is 41.9 Å². The normalized spacial score (nSPS) is 14.1. The Hall–Kier alpha value is -3.29. The summed E-state index contributed by atoms with van der Waals surface area (Å²) < 4.78 is 27.1. The summed E-state index contributed by atoms with van der Waals surface area (Å²) in [4.78, 5) is 4.23. The van der Waals surface area contributed by atoms with E-state index in [2.05, 4.69) is 15.6 Å². The molecule has 2 aliphatic heterocycles. The summed E-state index contributed by atoms with van der Waals surface area (Å²) in [6.07, 6.45) is 0.852. The number of ether oxygens (including phenoxy) is 5. The lowest BCUT2D eigenvalue weighted by Crippen LogP contribution is -2.40. The van der Waals surface area contributed by atoms with Crippen molar-refractivity contribution in [2.24, 2.45) is 4.99 Å². The molecule has 8 nitrogen and oxygen atoms in total. The second-order valence-corrected chi connectivity index (χ2v) is 6.23. The molecule has 0 bridgehead atoms. The Morgan fingerprint density at radius 3 is 2.36 bits per heavy atom. The number of guanidine groups is 1. The van der Waals surface area contributed by atoms with Gasteiger partial charge in [0.1, 0.15) is 12.4 Å². The fraction of sp³-hybridized carbons (Fsp3) is 0.350. The maximum absolute atomic E-state index is 5.74. The molecule has 0 saturated heterocycles. The van der Waals surface area contributed by atoms with Crippen LogP contribution in [0.3, 0.4) is 0 Å². The monoisotopic (exact) mass is 385 g/mol. The third kappa shape index (κ3) is 4.33. The highest BCUT2D eigenvalue weighted by Gasteiger charge is 2.14. The summed E-state index contributed by atoms with van der Waals surface area (Å²) in [6, 6.07) is 11.6.